The third-order valence-corrected chi connectivity index (χ3v) is 4.83. The summed E-state index contributed by atoms with van der Waals surface area (Å²) in [5.74, 6) is 1.66. The Kier molecular flexibility index (Phi) is 4.45. The van der Waals surface area contributed by atoms with Crippen LogP contribution in [-0.4, -0.2) is 6.04 Å². The van der Waals surface area contributed by atoms with E-state index in [1.165, 1.54) is 30.4 Å². The van der Waals surface area contributed by atoms with Crippen molar-refractivity contribution in [2.24, 2.45) is 11.8 Å². The summed E-state index contributed by atoms with van der Waals surface area (Å²) < 4.78 is 0. The van der Waals surface area contributed by atoms with Crippen LogP contribution < -0.4 is 5.32 Å². The van der Waals surface area contributed by atoms with Crippen molar-refractivity contribution < 1.29 is 0 Å². The van der Waals surface area contributed by atoms with E-state index in [0.29, 0.717) is 12.1 Å². The number of hydrogen-bond donors (Lipinski definition) is 1. The van der Waals surface area contributed by atoms with Crippen molar-refractivity contribution in [3.63, 3.8) is 0 Å². The Labute approximate surface area is 112 Å². The highest BCUT2D eigenvalue weighted by atomic mass is 15.0. The molecule has 0 spiro atoms. The Balaban J connectivity index is 2.03. The molecule has 1 aliphatic rings. The molecule has 0 aromatic heterocycles. The fourth-order valence-electron chi connectivity index (χ4n) is 3.30. The number of aryl methyl sites for hydroxylation is 1. The van der Waals surface area contributed by atoms with Gasteiger partial charge in [-0.05, 0) is 43.2 Å². The second kappa shape index (κ2) is 5.88. The zero-order chi connectivity index (χ0) is 13.1. The van der Waals surface area contributed by atoms with Gasteiger partial charge in [0.2, 0.25) is 0 Å². The van der Waals surface area contributed by atoms with Crippen LogP contribution in [0.1, 0.15) is 57.2 Å². The number of nitrogens with one attached hydrogen (secondary N) is 1. The average Bonchev–Trinajstić information content (AvgIpc) is 2.35. The van der Waals surface area contributed by atoms with Crippen LogP contribution in [-0.2, 0) is 0 Å². The molecule has 3 unspecified atom stereocenters. The maximum atomic E-state index is 3.86. The topological polar surface area (TPSA) is 12.0 Å². The number of hydrogen-bond acceptors (Lipinski definition) is 1. The lowest BCUT2D eigenvalue weighted by Gasteiger charge is -2.36. The number of benzene rings is 1. The third kappa shape index (κ3) is 2.95. The smallest absolute Gasteiger partial charge is 0.0297 e. The fraction of sp³-hybridized carbons (Fsp3) is 0.647. The van der Waals surface area contributed by atoms with E-state index in [4.69, 9.17) is 0 Å². The minimum Gasteiger partial charge on any atom is -0.307 e. The largest absolute Gasteiger partial charge is 0.307 e. The van der Waals surface area contributed by atoms with Crippen molar-refractivity contribution in [3.05, 3.63) is 35.4 Å². The van der Waals surface area contributed by atoms with Gasteiger partial charge in [-0.2, -0.15) is 0 Å². The molecule has 18 heavy (non-hydrogen) atoms. The summed E-state index contributed by atoms with van der Waals surface area (Å²) in [6.07, 6.45) is 4.11. The van der Waals surface area contributed by atoms with Crippen LogP contribution >= 0.6 is 0 Å². The van der Waals surface area contributed by atoms with Crippen LogP contribution in [0.4, 0.5) is 0 Å². The normalized spacial score (nSPS) is 30.1. The van der Waals surface area contributed by atoms with Crippen molar-refractivity contribution >= 4 is 0 Å². The summed E-state index contributed by atoms with van der Waals surface area (Å²) in [4.78, 5) is 0. The van der Waals surface area contributed by atoms with Crippen molar-refractivity contribution in [3.8, 4) is 0 Å². The standard InChI is InChI=1S/C17H27N/c1-12-9-7-11-17(14(12)3)18-15(4)16-10-6-5-8-13(16)2/h5-6,8,10,12,14-15,17-18H,7,9,11H2,1-4H3/t12?,14?,15-,17?/m0/s1. The summed E-state index contributed by atoms with van der Waals surface area (Å²) in [6.45, 7) is 9.32. The van der Waals surface area contributed by atoms with Gasteiger partial charge in [0.15, 0.2) is 0 Å². The highest BCUT2D eigenvalue weighted by molar-refractivity contribution is 5.28. The lowest BCUT2D eigenvalue weighted by Crippen LogP contribution is -2.41. The third-order valence-electron chi connectivity index (χ3n) is 4.83. The van der Waals surface area contributed by atoms with Crippen molar-refractivity contribution in [1.29, 1.82) is 0 Å². The van der Waals surface area contributed by atoms with Crippen LogP contribution in [0.5, 0.6) is 0 Å². The van der Waals surface area contributed by atoms with E-state index in [2.05, 4.69) is 57.3 Å². The van der Waals surface area contributed by atoms with Gasteiger partial charge in [0.05, 0.1) is 0 Å². The average molecular weight is 245 g/mol. The second-order valence-corrected chi connectivity index (χ2v) is 6.12. The molecule has 0 saturated heterocycles. The van der Waals surface area contributed by atoms with Crippen molar-refractivity contribution in [2.45, 2.75) is 59.0 Å². The summed E-state index contributed by atoms with van der Waals surface area (Å²) in [5, 5.41) is 3.86. The maximum Gasteiger partial charge on any atom is 0.0297 e. The zero-order valence-electron chi connectivity index (χ0n) is 12.2. The van der Waals surface area contributed by atoms with Gasteiger partial charge in [-0.25, -0.2) is 0 Å². The van der Waals surface area contributed by atoms with E-state index in [-0.39, 0.29) is 0 Å². The monoisotopic (exact) mass is 245 g/mol. The Morgan fingerprint density at radius 2 is 1.89 bits per heavy atom. The molecule has 1 N–H and O–H groups in total. The first-order valence-electron chi connectivity index (χ1n) is 7.41. The van der Waals surface area contributed by atoms with E-state index in [0.717, 1.165) is 11.8 Å². The van der Waals surface area contributed by atoms with E-state index in [1.54, 1.807) is 0 Å². The SMILES string of the molecule is Cc1ccccc1[C@H](C)NC1CCCC(C)C1C. The van der Waals surface area contributed by atoms with Crippen LogP contribution in [0, 0.1) is 18.8 Å². The highest BCUT2D eigenvalue weighted by Crippen LogP contribution is 2.31. The van der Waals surface area contributed by atoms with Crippen LogP contribution in [0.25, 0.3) is 0 Å². The molecule has 100 valence electrons. The molecular weight excluding hydrogens is 218 g/mol. The van der Waals surface area contributed by atoms with E-state index in [1.807, 2.05) is 0 Å². The summed E-state index contributed by atoms with van der Waals surface area (Å²) in [6, 6.07) is 9.88. The van der Waals surface area contributed by atoms with Gasteiger partial charge < -0.3 is 5.32 Å². The Morgan fingerprint density at radius 3 is 2.61 bits per heavy atom. The van der Waals surface area contributed by atoms with Crippen LogP contribution in [0.15, 0.2) is 24.3 Å². The molecule has 0 aliphatic heterocycles. The molecule has 1 aromatic carbocycles. The minimum atomic E-state index is 0.462. The van der Waals surface area contributed by atoms with Gasteiger partial charge in [0.25, 0.3) is 0 Å². The highest BCUT2D eigenvalue weighted by Gasteiger charge is 2.28. The maximum absolute atomic E-state index is 3.86. The lowest BCUT2D eigenvalue weighted by atomic mass is 9.77. The Hall–Kier alpha value is -0.820. The molecule has 0 amide bonds. The first kappa shape index (κ1) is 13.6. The molecule has 0 heterocycles. The predicted octanol–water partition coefficient (Wildman–Crippen LogP) is 4.47. The van der Waals surface area contributed by atoms with Gasteiger partial charge in [0.1, 0.15) is 0 Å². The zero-order valence-corrected chi connectivity index (χ0v) is 12.2. The molecule has 0 radical (unpaired) electrons. The van der Waals surface area contributed by atoms with Crippen molar-refractivity contribution in [2.75, 3.05) is 0 Å². The molecule has 1 aliphatic carbocycles. The second-order valence-electron chi connectivity index (χ2n) is 6.12. The summed E-state index contributed by atoms with van der Waals surface area (Å²) >= 11 is 0. The molecule has 1 aromatic rings. The molecule has 1 heteroatoms. The van der Waals surface area contributed by atoms with Gasteiger partial charge in [-0.1, -0.05) is 51.0 Å². The molecule has 1 fully saturated rings. The van der Waals surface area contributed by atoms with Crippen molar-refractivity contribution in [1.82, 2.24) is 5.32 Å². The van der Waals surface area contributed by atoms with Gasteiger partial charge in [-0.3, -0.25) is 0 Å². The van der Waals surface area contributed by atoms with E-state index < -0.39 is 0 Å². The molecule has 0 bridgehead atoms. The lowest BCUT2D eigenvalue weighted by molar-refractivity contribution is 0.196. The molecular formula is C17H27N. The quantitative estimate of drug-likeness (QED) is 0.828. The summed E-state index contributed by atoms with van der Waals surface area (Å²) in [7, 11) is 0. The predicted molar refractivity (Wildman–Crippen MR) is 78.7 cm³/mol. The van der Waals surface area contributed by atoms with Crippen LogP contribution in [0.2, 0.25) is 0 Å². The Bertz CT molecular complexity index is 385. The molecule has 2 rings (SSSR count). The fourth-order valence-corrected chi connectivity index (χ4v) is 3.30. The first-order chi connectivity index (χ1) is 8.59. The minimum absolute atomic E-state index is 0.462. The van der Waals surface area contributed by atoms with Crippen LogP contribution in [0.3, 0.4) is 0 Å². The first-order valence-corrected chi connectivity index (χ1v) is 7.41. The van der Waals surface area contributed by atoms with Gasteiger partial charge >= 0.3 is 0 Å². The molecule has 4 atom stereocenters. The van der Waals surface area contributed by atoms with Gasteiger partial charge in [0, 0.05) is 12.1 Å². The Morgan fingerprint density at radius 1 is 1.17 bits per heavy atom. The van der Waals surface area contributed by atoms with Gasteiger partial charge in [-0.15, -0.1) is 0 Å². The summed E-state index contributed by atoms with van der Waals surface area (Å²) in [5.41, 5.74) is 2.84. The molecule has 1 saturated carbocycles. The molecule has 1 nitrogen and oxygen atoms in total. The van der Waals surface area contributed by atoms with E-state index >= 15 is 0 Å². The number of rotatable bonds is 3. The van der Waals surface area contributed by atoms with E-state index in [9.17, 15) is 0 Å².